The molecule has 0 bridgehead atoms. The molecule has 0 saturated carbocycles. The van der Waals surface area contributed by atoms with Crippen molar-refractivity contribution in [1.82, 2.24) is 0 Å². The first-order valence-corrected chi connectivity index (χ1v) is 10.2. The van der Waals surface area contributed by atoms with E-state index in [1.807, 2.05) is 0 Å². The highest BCUT2D eigenvalue weighted by Gasteiger charge is 2.23. The number of phenols is 1. The number of nitro benzene ring substituents is 2. The molecule has 0 unspecified atom stereocenters. The molecule has 0 radical (unpaired) electrons. The first-order valence-electron chi connectivity index (χ1n) is 9.41. The normalized spacial score (nSPS) is 10.8. The first kappa shape index (κ1) is 25.0. The lowest BCUT2D eigenvalue weighted by Gasteiger charge is -2.12. The van der Waals surface area contributed by atoms with Gasteiger partial charge in [0, 0.05) is 22.3 Å². The molecule has 0 heterocycles. The molecule has 176 valence electrons. The molecule has 35 heavy (non-hydrogen) atoms. The summed E-state index contributed by atoms with van der Waals surface area (Å²) in [5.41, 5.74) is -1.28. The van der Waals surface area contributed by atoms with Gasteiger partial charge in [-0.25, -0.2) is 0 Å². The number of rotatable bonds is 7. The average Bonchev–Trinajstić information content (AvgIpc) is 2.80. The zero-order valence-electron chi connectivity index (χ0n) is 17.3. The second-order valence-corrected chi connectivity index (χ2v) is 7.59. The Morgan fingerprint density at radius 3 is 2.34 bits per heavy atom. The number of halogens is 2. The second kappa shape index (κ2) is 10.5. The molecule has 3 aromatic rings. The molecule has 11 nitrogen and oxygen atoms in total. The predicted octanol–water partition coefficient (Wildman–Crippen LogP) is 5.85. The van der Waals surface area contributed by atoms with E-state index in [1.54, 1.807) is 6.07 Å². The van der Waals surface area contributed by atoms with Gasteiger partial charge in [0.1, 0.15) is 17.4 Å². The van der Waals surface area contributed by atoms with Crippen LogP contribution in [0.5, 0.6) is 17.2 Å². The summed E-state index contributed by atoms with van der Waals surface area (Å²) in [6.07, 6.45) is 1.11. The SMILES string of the molecule is N#C/C(=C\c1cc(Cl)cc(Cl)c1Oc1ccc([N+](=O)[O-])cc1[N+](=O)[O-])C(=O)Nc1ccc(O)cc1. The van der Waals surface area contributed by atoms with Crippen LogP contribution in [0.25, 0.3) is 6.08 Å². The summed E-state index contributed by atoms with van der Waals surface area (Å²) in [6.45, 7) is 0. The largest absolute Gasteiger partial charge is 0.508 e. The molecule has 0 spiro atoms. The van der Waals surface area contributed by atoms with Crippen molar-refractivity contribution in [3.05, 3.63) is 96.0 Å². The Morgan fingerprint density at radius 1 is 1.06 bits per heavy atom. The number of anilines is 1. The summed E-state index contributed by atoms with van der Waals surface area (Å²) < 4.78 is 5.61. The van der Waals surface area contributed by atoms with Gasteiger partial charge in [-0.15, -0.1) is 0 Å². The fraction of sp³-hybridized carbons (Fsp3) is 0. The number of hydrogen-bond acceptors (Lipinski definition) is 8. The summed E-state index contributed by atoms with van der Waals surface area (Å²) in [4.78, 5) is 33.3. The molecule has 0 aliphatic carbocycles. The van der Waals surface area contributed by atoms with Gasteiger partial charge in [0.25, 0.3) is 11.6 Å². The molecule has 13 heteroatoms. The zero-order chi connectivity index (χ0) is 25.7. The standard InChI is InChI=1S/C22H12Cl2N4O7/c23-14-8-12(7-13(11-25)22(30)26-15-1-4-17(29)5-2-15)21(18(24)9-14)35-20-6-3-16(27(31)32)10-19(20)28(33)34/h1-10,29H,(H,26,30)/b13-7+. The number of amides is 1. The van der Waals surface area contributed by atoms with E-state index in [-0.39, 0.29) is 38.4 Å². The summed E-state index contributed by atoms with van der Waals surface area (Å²) in [5.74, 6) is -1.37. The van der Waals surface area contributed by atoms with E-state index in [0.717, 1.165) is 24.3 Å². The number of nitrogens with one attached hydrogen (secondary N) is 1. The third-order valence-electron chi connectivity index (χ3n) is 4.39. The molecule has 3 rings (SSSR count). The number of carbonyl (C=O) groups excluding carboxylic acids is 1. The number of carbonyl (C=O) groups is 1. The van der Waals surface area contributed by atoms with E-state index in [4.69, 9.17) is 27.9 Å². The molecule has 1 amide bonds. The molecule has 0 aliphatic rings. The molecular formula is C22H12Cl2N4O7. The minimum atomic E-state index is -0.868. The minimum absolute atomic E-state index is 0.0188. The number of non-ortho nitro benzene ring substituents is 1. The van der Waals surface area contributed by atoms with Crippen LogP contribution in [0.1, 0.15) is 5.56 Å². The molecule has 3 aromatic carbocycles. The third-order valence-corrected chi connectivity index (χ3v) is 4.89. The van der Waals surface area contributed by atoms with Crippen LogP contribution in [0, 0.1) is 31.6 Å². The Labute approximate surface area is 206 Å². The van der Waals surface area contributed by atoms with Crippen molar-refractivity contribution in [2.45, 2.75) is 0 Å². The smallest absolute Gasteiger partial charge is 0.318 e. The minimum Gasteiger partial charge on any atom is -0.508 e. The van der Waals surface area contributed by atoms with E-state index in [0.29, 0.717) is 5.69 Å². The van der Waals surface area contributed by atoms with E-state index in [2.05, 4.69) is 5.32 Å². The summed E-state index contributed by atoms with van der Waals surface area (Å²) in [6, 6.07) is 12.6. The van der Waals surface area contributed by atoms with Gasteiger partial charge in [-0.2, -0.15) is 5.26 Å². The summed E-state index contributed by atoms with van der Waals surface area (Å²) >= 11 is 12.3. The van der Waals surface area contributed by atoms with Gasteiger partial charge < -0.3 is 15.2 Å². The maximum Gasteiger partial charge on any atom is 0.318 e. The highest BCUT2D eigenvalue weighted by atomic mass is 35.5. The summed E-state index contributed by atoms with van der Waals surface area (Å²) in [7, 11) is 0. The fourth-order valence-electron chi connectivity index (χ4n) is 2.80. The number of nitrogens with zero attached hydrogens (tertiary/aromatic N) is 3. The Balaban J connectivity index is 2.03. The number of aromatic hydroxyl groups is 1. The average molecular weight is 515 g/mol. The fourth-order valence-corrected chi connectivity index (χ4v) is 3.35. The van der Waals surface area contributed by atoms with Crippen molar-refractivity contribution >= 4 is 52.2 Å². The quantitative estimate of drug-likeness (QED) is 0.130. The van der Waals surface area contributed by atoms with Crippen molar-refractivity contribution in [2.24, 2.45) is 0 Å². The Morgan fingerprint density at radius 2 is 1.74 bits per heavy atom. The van der Waals surface area contributed by atoms with Crippen molar-refractivity contribution in [1.29, 1.82) is 5.26 Å². The van der Waals surface area contributed by atoms with E-state index < -0.39 is 27.1 Å². The molecule has 0 aromatic heterocycles. The second-order valence-electron chi connectivity index (χ2n) is 6.75. The number of hydrogen-bond donors (Lipinski definition) is 2. The summed E-state index contributed by atoms with van der Waals surface area (Å²) in [5, 5.41) is 43.8. The Bertz CT molecular complexity index is 1420. The molecule has 0 saturated heterocycles. The molecular weight excluding hydrogens is 503 g/mol. The van der Waals surface area contributed by atoms with E-state index >= 15 is 0 Å². The maximum absolute atomic E-state index is 12.6. The van der Waals surface area contributed by atoms with Crippen LogP contribution in [0.15, 0.2) is 60.2 Å². The van der Waals surface area contributed by atoms with Gasteiger partial charge in [0.15, 0.2) is 5.75 Å². The van der Waals surface area contributed by atoms with Crippen LogP contribution in [0.2, 0.25) is 10.0 Å². The van der Waals surface area contributed by atoms with Crippen molar-refractivity contribution < 1.29 is 24.5 Å². The maximum atomic E-state index is 12.6. The molecule has 2 N–H and O–H groups in total. The van der Waals surface area contributed by atoms with Gasteiger partial charge in [-0.1, -0.05) is 23.2 Å². The van der Waals surface area contributed by atoms with Gasteiger partial charge in [-0.3, -0.25) is 25.0 Å². The Kier molecular flexibility index (Phi) is 7.50. The van der Waals surface area contributed by atoms with Crippen molar-refractivity contribution in [3.8, 4) is 23.3 Å². The van der Waals surface area contributed by atoms with Crippen molar-refractivity contribution in [3.63, 3.8) is 0 Å². The zero-order valence-corrected chi connectivity index (χ0v) is 18.8. The number of ether oxygens (including phenoxy) is 1. The monoisotopic (exact) mass is 514 g/mol. The van der Waals surface area contributed by atoms with Crippen LogP contribution < -0.4 is 10.1 Å². The van der Waals surface area contributed by atoms with E-state index in [1.165, 1.54) is 36.4 Å². The lowest BCUT2D eigenvalue weighted by Crippen LogP contribution is -2.13. The van der Waals surface area contributed by atoms with Gasteiger partial charge >= 0.3 is 5.69 Å². The van der Waals surface area contributed by atoms with Gasteiger partial charge in [-0.05, 0) is 48.5 Å². The first-order chi connectivity index (χ1) is 16.6. The van der Waals surface area contributed by atoms with Crippen LogP contribution in [0.3, 0.4) is 0 Å². The van der Waals surface area contributed by atoms with E-state index in [9.17, 15) is 35.4 Å². The molecule has 0 atom stereocenters. The highest BCUT2D eigenvalue weighted by molar-refractivity contribution is 6.36. The van der Waals surface area contributed by atoms with Crippen LogP contribution in [-0.4, -0.2) is 20.9 Å². The van der Waals surface area contributed by atoms with Gasteiger partial charge in [0.05, 0.1) is 20.9 Å². The molecule has 0 aliphatic heterocycles. The van der Waals surface area contributed by atoms with Crippen molar-refractivity contribution in [2.75, 3.05) is 5.32 Å². The number of phenolic OH excluding ortho intramolecular Hbond substituents is 1. The number of nitro groups is 2. The van der Waals surface area contributed by atoms with Crippen LogP contribution in [-0.2, 0) is 4.79 Å². The van der Waals surface area contributed by atoms with Crippen LogP contribution in [0.4, 0.5) is 17.1 Å². The highest BCUT2D eigenvalue weighted by Crippen LogP contribution is 2.41. The lowest BCUT2D eigenvalue weighted by atomic mass is 10.1. The van der Waals surface area contributed by atoms with Gasteiger partial charge in [0.2, 0.25) is 5.75 Å². The number of nitriles is 1. The molecule has 0 fully saturated rings. The predicted molar refractivity (Wildman–Crippen MR) is 127 cm³/mol. The topological polar surface area (TPSA) is 169 Å². The third kappa shape index (κ3) is 6.02. The number of benzene rings is 3. The Hall–Kier alpha value is -4.66. The van der Waals surface area contributed by atoms with Crippen LogP contribution >= 0.6 is 23.2 Å². The lowest BCUT2D eigenvalue weighted by molar-refractivity contribution is -0.394.